The van der Waals surface area contributed by atoms with E-state index in [0.29, 0.717) is 0 Å². The predicted octanol–water partition coefficient (Wildman–Crippen LogP) is 5.25. The third-order valence-electron chi connectivity index (χ3n) is 5.58. The highest BCUT2D eigenvalue weighted by Gasteiger charge is 2.41. The maximum Gasteiger partial charge on any atom is 0.214 e. The number of hydrogen-bond acceptors (Lipinski definition) is 4. The van der Waals surface area contributed by atoms with Crippen LogP contribution in [0.2, 0.25) is 0 Å². The van der Waals surface area contributed by atoms with Gasteiger partial charge in [-0.25, -0.2) is 5.01 Å². The Hall–Kier alpha value is -3.27. The van der Waals surface area contributed by atoms with E-state index in [2.05, 4.69) is 66.5 Å². The highest BCUT2D eigenvalue weighted by molar-refractivity contribution is 6.02. The molecule has 0 aliphatic carbocycles. The van der Waals surface area contributed by atoms with Crippen molar-refractivity contribution >= 4 is 5.71 Å². The summed E-state index contributed by atoms with van der Waals surface area (Å²) in [6.07, 6.45) is 0.631. The second kappa shape index (κ2) is 6.71. The molecule has 5 rings (SSSR count). The minimum absolute atomic E-state index is 0.173. The van der Waals surface area contributed by atoms with Gasteiger partial charge < -0.3 is 9.47 Å². The van der Waals surface area contributed by atoms with Crippen LogP contribution in [-0.4, -0.2) is 17.8 Å². The van der Waals surface area contributed by atoms with Crippen LogP contribution in [-0.2, 0) is 0 Å². The largest absolute Gasteiger partial charge is 0.497 e. The van der Waals surface area contributed by atoms with Gasteiger partial charge in [0.25, 0.3) is 0 Å². The van der Waals surface area contributed by atoms with Crippen LogP contribution in [0.15, 0.2) is 77.9 Å². The Morgan fingerprint density at radius 1 is 0.929 bits per heavy atom. The molecule has 0 bridgehead atoms. The van der Waals surface area contributed by atoms with E-state index in [0.717, 1.165) is 34.8 Å². The molecular weight excluding hydrogens is 348 g/mol. The third-order valence-corrected chi connectivity index (χ3v) is 5.58. The molecular formula is C24H22N2O2. The van der Waals surface area contributed by atoms with Crippen molar-refractivity contribution in [1.82, 2.24) is 5.01 Å². The predicted molar refractivity (Wildman–Crippen MR) is 110 cm³/mol. The molecule has 2 heterocycles. The number of ether oxygens (including phenoxy) is 2. The molecule has 0 amide bonds. The first-order chi connectivity index (χ1) is 13.7. The highest BCUT2D eigenvalue weighted by Crippen LogP contribution is 2.47. The van der Waals surface area contributed by atoms with Crippen LogP contribution in [0.1, 0.15) is 40.9 Å². The van der Waals surface area contributed by atoms with E-state index in [1.807, 2.05) is 18.2 Å². The van der Waals surface area contributed by atoms with E-state index in [1.165, 1.54) is 11.1 Å². The average Bonchev–Trinajstić information content (AvgIpc) is 3.19. The quantitative estimate of drug-likeness (QED) is 0.632. The first-order valence-corrected chi connectivity index (χ1v) is 9.56. The van der Waals surface area contributed by atoms with Crippen molar-refractivity contribution in [3.8, 4) is 11.5 Å². The van der Waals surface area contributed by atoms with Crippen LogP contribution in [0.3, 0.4) is 0 Å². The number of rotatable bonds is 3. The summed E-state index contributed by atoms with van der Waals surface area (Å²) in [6.45, 7) is 2.12. The number of hydrogen-bond donors (Lipinski definition) is 0. The van der Waals surface area contributed by atoms with Crippen molar-refractivity contribution in [3.05, 3.63) is 95.1 Å². The fraction of sp³-hybridized carbons (Fsp3) is 0.208. The fourth-order valence-electron chi connectivity index (χ4n) is 4.06. The zero-order chi connectivity index (χ0) is 19.1. The smallest absolute Gasteiger partial charge is 0.214 e. The van der Waals surface area contributed by atoms with Gasteiger partial charge in [0.2, 0.25) is 6.23 Å². The van der Waals surface area contributed by atoms with E-state index in [4.69, 9.17) is 14.6 Å². The molecule has 3 aromatic rings. The Morgan fingerprint density at radius 3 is 2.39 bits per heavy atom. The average molecular weight is 370 g/mol. The van der Waals surface area contributed by atoms with Crippen LogP contribution in [0.25, 0.3) is 0 Å². The van der Waals surface area contributed by atoms with Crippen molar-refractivity contribution in [2.75, 3.05) is 7.11 Å². The van der Waals surface area contributed by atoms with Gasteiger partial charge in [0.05, 0.1) is 18.9 Å². The lowest BCUT2D eigenvalue weighted by Crippen LogP contribution is -2.34. The Kier molecular flexibility index (Phi) is 4.05. The van der Waals surface area contributed by atoms with Gasteiger partial charge in [-0.05, 0) is 48.4 Å². The van der Waals surface area contributed by atoms with Crippen LogP contribution in [0, 0.1) is 6.92 Å². The number of methoxy groups -OCH3 is 1. The van der Waals surface area contributed by atoms with Crippen LogP contribution < -0.4 is 9.47 Å². The highest BCUT2D eigenvalue weighted by atomic mass is 16.5. The molecule has 2 aliphatic heterocycles. The molecule has 0 aromatic heterocycles. The molecule has 4 nitrogen and oxygen atoms in total. The van der Waals surface area contributed by atoms with Crippen molar-refractivity contribution in [2.45, 2.75) is 25.6 Å². The molecule has 28 heavy (non-hydrogen) atoms. The molecule has 0 spiro atoms. The number of benzene rings is 3. The second-order valence-corrected chi connectivity index (χ2v) is 7.24. The minimum atomic E-state index is -0.225. The number of hydrazone groups is 1. The van der Waals surface area contributed by atoms with E-state index in [1.54, 1.807) is 7.11 Å². The van der Waals surface area contributed by atoms with Crippen LogP contribution >= 0.6 is 0 Å². The zero-order valence-electron chi connectivity index (χ0n) is 16.0. The molecule has 2 aliphatic rings. The summed E-state index contributed by atoms with van der Waals surface area (Å²) < 4.78 is 11.7. The second-order valence-electron chi connectivity index (χ2n) is 7.24. The Morgan fingerprint density at radius 2 is 1.64 bits per heavy atom. The van der Waals surface area contributed by atoms with Crippen molar-refractivity contribution in [1.29, 1.82) is 0 Å². The minimum Gasteiger partial charge on any atom is -0.497 e. The van der Waals surface area contributed by atoms with Crippen molar-refractivity contribution < 1.29 is 9.47 Å². The number of fused-ring (bicyclic) bond motifs is 3. The van der Waals surface area contributed by atoms with Gasteiger partial charge in [-0.1, -0.05) is 42.5 Å². The number of aryl methyl sites for hydroxylation is 1. The van der Waals surface area contributed by atoms with Gasteiger partial charge in [0.1, 0.15) is 11.5 Å². The van der Waals surface area contributed by atoms with E-state index < -0.39 is 0 Å². The number of para-hydroxylation sites is 1. The summed E-state index contributed by atoms with van der Waals surface area (Å²) in [6, 6.07) is 25.0. The SMILES string of the molecule is COc1ccc(C2=NN3[C@H](C2)c2ccccc2O[C@@H]3c2ccccc2C)cc1. The standard InChI is InChI=1S/C24H22N2O2/c1-16-7-3-4-8-19(16)24-26-22(20-9-5-6-10-23(20)28-24)15-21(25-26)17-11-13-18(27-2)14-12-17/h3-14,22,24H,15H2,1-2H3/t22-,24-/m1/s1. The summed E-state index contributed by atoms with van der Waals surface area (Å²) in [5.41, 5.74) is 5.75. The molecule has 2 atom stereocenters. The normalized spacial score (nSPS) is 20.1. The van der Waals surface area contributed by atoms with E-state index in [9.17, 15) is 0 Å². The Balaban J connectivity index is 1.58. The van der Waals surface area contributed by atoms with E-state index in [-0.39, 0.29) is 12.3 Å². The lowest BCUT2D eigenvalue weighted by atomic mass is 9.95. The molecule has 140 valence electrons. The summed E-state index contributed by atoms with van der Waals surface area (Å²) in [7, 11) is 1.68. The lowest BCUT2D eigenvalue weighted by Gasteiger charge is -2.38. The van der Waals surface area contributed by atoms with Gasteiger partial charge in [-0.3, -0.25) is 0 Å². The molecule has 3 aromatic carbocycles. The molecule has 0 unspecified atom stereocenters. The Labute approximate surface area is 165 Å². The Bertz CT molecular complexity index is 1040. The van der Waals surface area contributed by atoms with Gasteiger partial charge in [0, 0.05) is 17.5 Å². The summed E-state index contributed by atoms with van der Waals surface area (Å²) >= 11 is 0. The summed E-state index contributed by atoms with van der Waals surface area (Å²) in [4.78, 5) is 0. The lowest BCUT2D eigenvalue weighted by molar-refractivity contribution is -0.0194. The first kappa shape index (κ1) is 16.9. The zero-order valence-corrected chi connectivity index (χ0v) is 16.0. The van der Waals surface area contributed by atoms with Gasteiger partial charge >= 0.3 is 0 Å². The van der Waals surface area contributed by atoms with E-state index >= 15 is 0 Å². The number of nitrogens with zero attached hydrogens (tertiary/aromatic N) is 2. The van der Waals surface area contributed by atoms with Gasteiger partial charge in [-0.2, -0.15) is 5.10 Å². The molecule has 0 radical (unpaired) electrons. The van der Waals surface area contributed by atoms with Gasteiger partial charge in [-0.15, -0.1) is 0 Å². The maximum atomic E-state index is 6.43. The monoisotopic (exact) mass is 370 g/mol. The molecule has 0 saturated carbocycles. The van der Waals surface area contributed by atoms with Crippen LogP contribution in [0.4, 0.5) is 0 Å². The molecule has 0 fully saturated rings. The molecule has 0 N–H and O–H groups in total. The molecule has 4 heteroatoms. The topological polar surface area (TPSA) is 34.1 Å². The van der Waals surface area contributed by atoms with Crippen molar-refractivity contribution in [3.63, 3.8) is 0 Å². The molecule has 0 saturated heterocycles. The maximum absolute atomic E-state index is 6.43. The fourth-order valence-corrected chi connectivity index (χ4v) is 4.06. The third kappa shape index (κ3) is 2.73. The summed E-state index contributed by atoms with van der Waals surface area (Å²) in [5.74, 6) is 1.80. The summed E-state index contributed by atoms with van der Waals surface area (Å²) in [5, 5.41) is 7.15. The van der Waals surface area contributed by atoms with Crippen molar-refractivity contribution in [2.24, 2.45) is 5.10 Å². The van der Waals surface area contributed by atoms with Crippen LogP contribution in [0.5, 0.6) is 11.5 Å². The van der Waals surface area contributed by atoms with Gasteiger partial charge in [0.15, 0.2) is 0 Å². The first-order valence-electron chi connectivity index (χ1n) is 9.56.